The van der Waals surface area contributed by atoms with Crippen molar-refractivity contribution in [3.8, 4) is 34.1 Å². The van der Waals surface area contributed by atoms with E-state index in [4.69, 9.17) is 23.4 Å². The third-order valence-electron chi connectivity index (χ3n) is 6.06. The van der Waals surface area contributed by atoms with Crippen molar-refractivity contribution >= 4 is 11.0 Å². The first-order chi connectivity index (χ1) is 18.2. The Morgan fingerprint density at radius 1 is 0.649 bits per heavy atom. The van der Waals surface area contributed by atoms with Crippen molar-refractivity contribution < 1.29 is 23.4 Å². The second-order valence-corrected chi connectivity index (χ2v) is 8.32. The summed E-state index contributed by atoms with van der Waals surface area (Å²) in [6.45, 7) is 0.427. The number of methoxy groups -OCH3 is 2. The summed E-state index contributed by atoms with van der Waals surface area (Å²) in [4.78, 5) is 12.7. The molecule has 0 aliphatic rings. The van der Waals surface area contributed by atoms with Gasteiger partial charge in [-0.3, -0.25) is 0 Å². The molecule has 186 valence electrons. The van der Waals surface area contributed by atoms with E-state index in [9.17, 15) is 4.79 Å². The Hall–Kier alpha value is -4.71. The summed E-state index contributed by atoms with van der Waals surface area (Å²) in [5, 5.41) is 0.741. The molecule has 1 heterocycles. The first kappa shape index (κ1) is 24.0. The lowest BCUT2D eigenvalue weighted by Crippen LogP contribution is -2.05. The fourth-order valence-corrected chi connectivity index (χ4v) is 4.24. The van der Waals surface area contributed by atoms with Crippen LogP contribution in [0.5, 0.6) is 23.0 Å². The number of hydrogen-bond donors (Lipinski definition) is 0. The maximum atomic E-state index is 12.7. The van der Waals surface area contributed by atoms with E-state index >= 15 is 0 Å². The molecule has 1 aromatic heterocycles. The summed E-state index contributed by atoms with van der Waals surface area (Å²) in [6, 6.07) is 30.2. The molecule has 0 radical (unpaired) electrons. The van der Waals surface area contributed by atoms with Crippen LogP contribution >= 0.6 is 0 Å². The fourth-order valence-electron chi connectivity index (χ4n) is 4.24. The minimum atomic E-state index is -0.477. The van der Waals surface area contributed by atoms with E-state index in [2.05, 4.69) is 0 Å². The summed E-state index contributed by atoms with van der Waals surface area (Å²) < 4.78 is 29.2. The van der Waals surface area contributed by atoms with Crippen LogP contribution in [-0.2, 0) is 13.2 Å². The van der Waals surface area contributed by atoms with Gasteiger partial charge in [0, 0.05) is 22.6 Å². The van der Waals surface area contributed by atoms with Gasteiger partial charge in [-0.25, -0.2) is 4.79 Å². The number of para-hydroxylation sites is 2. The number of fused-ring (bicyclic) bond motifs is 1. The van der Waals surface area contributed by atoms with Crippen LogP contribution in [0.4, 0.5) is 0 Å². The molecule has 0 spiro atoms. The quantitative estimate of drug-likeness (QED) is 0.214. The number of benzene rings is 4. The molecule has 0 saturated heterocycles. The zero-order valence-corrected chi connectivity index (χ0v) is 20.6. The summed E-state index contributed by atoms with van der Waals surface area (Å²) in [6.07, 6.45) is 0. The summed E-state index contributed by atoms with van der Waals surface area (Å²) >= 11 is 0. The predicted molar refractivity (Wildman–Crippen MR) is 143 cm³/mol. The molecule has 5 rings (SSSR count). The van der Waals surface area contributed by atoms with E-state index in [0.29, 0.717) is 22.8 Å². The molecule has 0 N–H and O–H groups in total. The van der Waals surface area contributed by atoms with Crippen LogP contribution in [0.3, 0.4) is 0 Å². The van der Waals surface area contributed by atoms with Crippen molar-refractivity contribution in [2.24, 2.45) is 0 Å². The Labute approximate surface area is 214 Å². The second-order valence-electron chi connectivity index (χ2n) is 8.32. The maximum absolute atomic E-state index is 12.7. The first-order valence-corrected chi connectivity index (χ1v) is 11.8. The third-order valence-corrected chi connectivity index (χ3v) is 6.06. The molecule has 4 aromatic carbocycles. The van der Waals surface area contributed by atoms with Crippen LogP contribution in [-0.4, -0.2) is 14.2 Å². The van der Waals surface area contributed by atoms with Gasteiger partial charge in [0.15, 0.2) is 11.3 Å². The monoisotopic (exact) mass is 494 g/mol. The highest BCUT2D eigenvalue weighted by atomic mass is 16.5. The molecule has 0 aliphatic heterocycles. The maximum Gasteiger partial charge on any atom is 0.336 e. The van der Waals surface area contributed by atoms with Crippen LogP contribution < -0.4 is 24.6 Å². The highest BCUT2D eigenvalue weighted by molar-refractivity contribution is 5.97. The lowest BCUT2D eigenvalue weighted by molar-refractivity contribution is 0.249. The van der Waals surface area contributed by atoms with E-state index in [1.54, 1.807) is 14.2 Å². The Morgan fingerprint density at radius 3 is 1.89 bits per heavy atom. The van der Waals surface area contributed by atoms with Crippen molar-refractivity contribution in [2.75, 3.05) is 14.2 Å². The van der Waals surface area contributed by atoms with Crippen LogP contribution in [0.2, 0.25) is 0 Å². The third kappa shape index (κ3) is 5.14. The average Bonchev–Trinajstić information content (AvgIpc) is 2.95. The summed E-state index contributed by atoms with van der Waals surface area (Å²) in [7, 11) is 3.24. The topological polar surface area (TPSA) is 67.1 Å². The van der Waals surface area contributed by atoms with Gasteiger partial charge in [-0.05, 0) is 35.4 Å². The van der Waals surface area contributed by atoms with Gasteiger partial charge in [0.25, 0.3) is 0 Å². The normalized spacial score (nSPS) is 10.8. The molecular weight excluding hydrogens is 468 g/mol. The Kier molecular flexibility index (Phi) is 7.08. The van der Waals surface area contributed by atoms with Crippen LogP contribution in [0.1, 0.15) is 11.1 Å². The largest absolute Gasteiger partial charge is 0.496 e. The molecule has 5 aromatic rings. The lowest BCUT2D eigenvalue weighted by Gasteiger charge is -2.17. The molecule has 0 atom stereocenters. The first-order valence-electron chi connectivity index (χ1n) is 11.8. The van der Waals surface area contributed by atoms with Gasteiger partial charge in [0.05, 0.1) is 14.2 Å². The van der Waals surface area contributed by atoms with E-state index in [1.807, 2.05) is 91.0 Å². The predicted octanol–water partition coefficient (Wildman–Crippen LogP) is 6.64. The Morgan fingerprint density at radius 2 is 1.24 bits per heavy atom. The smallest absolute Gasteiger partial charge is 0.336 e. The van der Waals surface area contributed by atoms with Crippen molar-refractivity contribution in [3.05, 3.63) is 119 Å². The minimum absolute atomic E-state index is 0.188. The lowest BCUT2D eigenvalue weighted by atomic mass is 10.0. The number of ether oxygens (including phenoxy) is 4. The minimum Gasteiger partial charge on any atom is -0.496 e. The van der Waals surface area contributed by atoms with Crippen LogP contribution in [0.25, 0.3) is 22.1 Å². The average molecular weight is 495 g/mol. The van der Waals surface area contributed by atoms with E-state index in [-0.39, 0.29) is 13.2 Å². The van der Waals surface area contributed by atoms with Crippen LogP contribution in [0.15, 0.2) is 106 Å². The second kappa shape index (κ2) is 10.9. The molecule has 0 fully saturated rings. The molecule has 6 heteroatoms. The zero-order chi connectivity index (χ0) is 25.6. The highest BCUT2D eigenvalue weighted by Crippen LogP contribution is 2.40. The Bertz CT molecular complexity index is 1570. The van der Waals surface area contributed by atoms with Crippen molar-refractivity contribution in [1.29, 1.82) is 0 Å². The van der Waals surface area contributed by atoms with Crippen LogP contribution in [0, 0.1) is 0 Å². The van der Waals surface area contributed by atoms with Gasteiger partial charge in [-0.15, -0.1) is 0 Å². The molecular formula is C31H26O6. The van der Waals surface area contributed by atoms with Gasteiger partial charge < -0.3 is 23.4 Å². The molecule has 37 heavy (non-hydrogen) atoms. The van der Waals surface area contributed by atoms with Crippen molar-refractivity contribution in [1.82, 2.24) is 0 Å². The molecule has 0 bridgehead atoms. The molecule has 0 saturated carbocycles. The molecule has 0 amide bonds. The fraction of sp³-hybridized carbons (Fsp3) is 0.129. The van der Waals surface area contributed by atoms with Gasteiger partial charge >= 0.3 is 5.63 Å². The molecule has 0 aliphatic carbocycles. The SMILES string of the molecule is COc1ccccc1COc1ccc2c(-c3ccccc3)cc(=O)oc2c1OCc1ccccc1OC. The van der Waals surface area contributed by atoms with E-state index < -0.39 is 5.63 Å². The van der Waals surface area contributed by atoms with Gasteiger partial charge in [-0.2, -0.15) is 0 Å². The standard InChI is InChI=1S/C31H26O6/c1-33-26-14-8-6-12-22(26)19-35-28-17-16-24-25(21-10-4-3-5-11-21)18-29(32)37-30(24)31(28)36-20-23-13-7-9-15-27(23)34-2/h3-18H,19-20H2,1-2H3. The summed E-state index contributed by atoms with van der Waals surface area (Å²) in [5.41, 5.74) is 3.22. The molecule has 0 unspecified atom stereocenters. The molecule has 6 nitrogen and oxygen atoms in total. The van der Waals surface area contributed by atoms with Gasteiger partial charge in [0.2, 0.25) is 5.75 Å². The van der Waals surface area contributed by atoms with E-state index in [1.165, 1.54) is 6.07 Å². The summed E-state index contributed by atoms with van der Waals surface area (Å²) in [5.74, 6) is 2.21. The van der Waals surface area contributed by atoms with Gasteiger partial charge in [0.1, 0.15) is 24.7 Å². The van der Waals surface area contributed by atoms with Crippen molar-refractivity contribution in [3.63, 3.8) is 0 Å². The number of rotatable bonds is 9. The van der Waals surface area contributed by atoms with Gasteiger partial charge in [-0.1, -0.05) is 66.7 Å². The van der Waals surface area contributed by atoms with Crippen molar-refractivity contribution in [2.45, 2.75) is 13.2 Å². The zero-order valence-electron chi connectivity index (χ0n) is 20.6. The Balaban J connectivity index is 1.60. The number of hydrogen-bond acceptors (Lipinski definition) is 6. The van der Waals surface area contributed by atoms with E-state index in [0.717, 1.165) is 33.4 Å². The highest BCUT2D eigenvalue weighted by Gasteiger charge is 2.19.